The van der Waals surface area contributed by atoms with Crippen molar-refractivity contribution in [2.45, 2.75) is 31.7 Å². The van der Waals surface area contributed by atoms with Crippen molar-refractivity contribution in [1.82, 2.24) is 0 Å². The fourth-order valence-electron chi connectivity index (χ4n) is 3.34. The molecular weight excluding hydrogens is 440 g/mol. The second kappa shape index (κ2) is 12.5. The zero-order valence-electron chi connectivity index (χ0n) is 20.0. The molecule has 1 atom stereocenters. The third-order valence-corrected chi connectivity index (χ3v) is 5.49. The number of nitrogen functional groups attached to an aromatic ring is 1. The SMILES string of the molecule is CC1(N)C=CC(CCOC(=O)/C=C/c2ccc(/C=C/C(=O)OCCc3ccc(N)cc3)cc2)=CC1. The summed E-state index contributed by atoms with van der Waals surface area (Å²) in [5.41, 5.74) is 16.0. The Bertz CT molecular complexity index is 1120. The van der Waals surface area contributed by atoms with Crippen LogP contribution in [-0.4, -0.2) is 30.7 Å². The number of ether oxygens (including phenoxy) is 2. The number of carbonyl (C=O) groups is 2. The van der Waals surface area contributed by atoms with Gasteiger partial charge in [0.1, 0.15) is 0 Å². The van der Waals surface area contributed by atoms with E-state index in [2.05, 4.69) is 6.08 Å². The number of rotatable bonds is 10. The lowest BCUT2D eigenvalue weighted by atomic mass is 9.91. The minimum atomic E-state index is -0.399. The standard InChI is InChI=1S/C29H32N2O4/c1-29(31)18-14-25(15-19-29)17-21-35-28(33)13-9-23-4-2-22(3-5-23)8-12-27(32)34-20-16-24-6-10-26(30)11-7-24/h2-15,18H,16-17,19-21,30-31H2,1H3/b12-8+,13-9+. The molecule has 4 N–H and O–H groups in total. The van der Waals surface area contributed by atoms with Gasteiger partial charge in [0.25, 0.3) is 0 Å². The molecule has 0 spiro atoms. The van der Waals surface area contributed by atoms with E-state index in [9.17, 15) is 9.59 Å². The Morgan fingerprint density at radius 3 is 1.94 bits per heavy atom. The Labute approximate surface area is 206 Å². The molecule has 0 saturated carbocycles. The molecule has 1 aliphatic carbocycles. The van der Waals surface area contributed by atoms with Crippen LogP contribution in [0, 0.1) is 0 Å². The number of benzene rings is 2. The molecule has 0 amide bonds. The summed E-state index contributed by atoms with van der Waals surface area (Å²) in [6.07, 6.45) is 14.3. The van der Waals surface area contributed by atoms with Crippen molar-refractivity contribution in [3.05, 3.63) is 101 Å². The number of nitrogens with two attached hydrogens (primary N) is 2. The van der Waals surface area contributed by atoms with Crippen LogP contribution in [0.4, 0.5) is 5.69 Å². The number of esters is 2. The van der Waals surface area contributed by atoms with E-state index in [4.69, 9.17) is 20.9 Å². The molecule has 1 aliphatic rings. The number of anilines is 1. The van der Waals surface area contributed by atoms with Crippen LogP contribution in [-0.2, 0) is 25.5 Å². The first-order chi connectivity index (χ1) is 16.8. The van der Waals surface area contributed by atoms with Gasteiger partial charge in [-0.2, -0.15) is 0 Å². The normalized spacial score (nSPS) is 17.5. The van der Waals surface area contributed by atoms with Crippen LogP contribution in [0.5, 0.6) is 0 Å². The lowest BCUT2D eigenvalue weighted by Crippen LogP contribution is -2.34. The predicted octanol–water partition coefficient (Wildman–Crippen LogP) is 4.62. The van der Waals surface area contributed by atoms with Crippen molar-refractivity contribution >= 4 is 29.8 Å². The van der Waals surface area contributed by atoms with Crippen LogP contribution < -0.4 is 11.5 Å². The first kappa shape index (κ1) is 25.7. The highest BCUT2D eigenvalue weighted by atomic mass is 16.5. The highest BCUT2D eigenvalue weighted by molar-refractivity contribution is 5.88. The second-order valence-electron chi connectivity index (χ2n) is 8.73. The molecule has 2 aromatic carbocycles. The Balaban J connectivity index is 1.36. The predicted molar refractivity (Wildman–Crippen MR) is 140 cm³/mol. The molecular formula is C29H32N2O4. The summed E-state index contributed by atoms with van der Waals surface area (Å²) in [7, 11) is 0. The molecule has 6 heteroatoms. The van der Waals surface area contributed by atoms with Crippen LogP contribution in [0.15, 0.2) is 84.5 Å². The fraction of sp³-hybridized carbons (Fsp3) is 0.241. The van der Waals surface area contributed by atoms with E-state index in [1.165, 1.54) is 12.2 Å². The van der Waals surface area contributed by atoms with Crippen molar-refractivity contribution in [3.63, 3.8) is 0 Å². The van der Waals surface area contributed by atoms with Crippen molar-refractivity contribution in [3.8, 4) is 0 Å². The summed E-state index contributed by atoms with van der Waals surface area (Å²) in [5, 5.41) is 0. The molecule has 0 fully saturated rings. The zero-order valence-corrected chi connectivity index (χ0v) is 20.0. The quantitative estimate of drug-likeness (QED) is 0.297. The third kappa shape index (κ3) is 9.47. The molecule has 35 heavy (non-hydrogen) atoms. The second-order valence-corrected chi connectivity index (χ2v) is 8.73. The zero-order chi connectivity index (χ0) is 25.1. The topological polar surface area (TPSA) is 105 Å². The van der Waals surface area contributed by atoms with Gasteiger partial charge in [-0.3, -0.25) is 0 Å². The van der Waals surface area contributed by atoms with E-state index in [1.54, 1.807) is 12.2 Å². The van der Waals surface area contributed by atoms with Gasteiger partial charge < -0.3 is 20.9 Å². The maximum absolute atomic E-state index is 12.0. The highest BCUT2D eigenvalue weighted by Crippen LogP contribution is 2.19. The minimum absolute atomic E-state index is 0.295. The lowest BCUT2D eigenvalue weighted by Gasteiger charge is -2.22. The Kier molecular flexibility index (Phi) is 9.21. The number of hydrogen-bond donors (Lipinski definition) is 2. The van der Waals surface area contributed by atoms with Crippen LogP contribution in [0.25, 0.3) is 12.2 Å². The van der Waals surface area contributed by atoms with Gasteiger partial charge in [0.05, 0.1) is 13.2 Å². The Morgan fingerprint density at radius 2 is 1.43 bits per heavy atom. The summed E-state index contributed by atoms with van der Waals surface area (Å²) >= 11 is 0. The Morgan fingerprint density at radius 1 is 0.886 bits per heavy atom. The van der Waals surface area contributed by atoms with E-state index in [-0.39, 0.29) is 11.5 Å². The highest BCUT2D eigenvalue weighted by Gasteiger charge is 2.16. The smallest absolute Gasteiger partial charge is 0.330 e. The summed E-state index contributed by atoms with van der Waals surface area (Å²) in [4.78, 5) is 23.9. The first-order valence-electron chi connectivity index (χ1n) is 11.6. The lowest BCUT2D eigenvalue weighted by molar-refractivity contribution is -0.138. The first-order valence-corrected chi connectivity index (χ1v) is 11.6. The maximum Gasteiger partial charge on any atom is 0.330 e. The van der Waals surface area contributed by atoms with Crippen LogP contribution in [0.1, 0.15) is 36.5 Å². The van der Waals surface area contributed by atoms with E-state index in [0.29, 0.717) is 31.7 Å². The largest absolute Gasteiger partial charge is 0.462 e. The van der Waals surface area contributed by atoms with Gasteiger partial charge in [0.15, 0.2) is 0 Å². The van der Waals surface area contributed by atoms with E-state index >= 15 is 0 Å². The maximum atomic E-state index is 12.0. The van der Waals surface area contributed by atoms with Crippen molar-refractivity contribution in [1.29, 1.82) is 0 Å². The number of carbonyl (C=O) groups excluding carboxylic acids is 2. The molecule has 3 rings (SSSR count). The van der Waals surface area contributed by atoms with Crippen molar-refractivity contribution in [2.24, 2.45) is 5.73 Å². The molecule has 0 radical (unpaired) electrons. The van der Waals surface area contributed by atoms with Gasteiger partial charge in [-0.05, 0) is 59.9 Å². The van der Waals surface area contributed by atoms with Crippen LogP contribution in [0.2, 0.25) is 0 Å². The average molecular weight is 473 g/mol. The number of hydrogen-bond acceptors (Lipinski definition) is 6. The third-order valence-electron chi connectivity index (χ3n) is 5.49. The average Bonchev–Trinajstić information content (AvgIpc) is 2.84. The molecule has 2 aromatic rings. The summed E-state index contributed by atoms with van der Waals surface area (Å²) in [5.74, 6) is -0.788. The van der Waals surface area contributed by atoms with E-state index < -0.39 is 5.97 Å². The van der Waals surface area contributed by atoms with Gasteiger partial charge in [-0.1, -0.05) is 54.6 Å². The number of allylic oxidation sites excluding steroid dienone is 1. The van der Waals surface area contributed by atoms with Gasteiger partial charge in [-0.15, -0.1) is 0 Å². The molecule has 0 saturated heterocycles. The summed E-state index contributed by atoms with van der Waals surface area (Å²) in [6.45, 7) is 2.60. The summed E-state index contributed by atoms with van der Waals surface area (Å²) in [6, 6.07) is 14.9. The molecule has 6 nitrogen and oxygen atoms in total. The molecule has 1 unspecified atom stereocenters. The Hall–Kier alpha value is -3.90. The molecule has 182 valence electrons. The van der Waals surface area contributed by atoms with Crippen molar-refractivity contribution in [2.75, 3.05) is 18.9 Å². The summed E-state index contributed by atoms with van der Waals surface area (Å²) < 4.78 is 10.5. The fourth-order valence-corrected chi connectivity index (χ4v) is 3.34. The van der Waals surface area contributed by atoms with E-state index in [1.807, 2.05) is 67.6 Å². The van der Waals surface area contributed by atoms with Crippen LogP contribution in [0.3, 0.4) is 0 Å². The molecule has 0 heterocycles. The van der Waals surface area contributed by atoms with Gasteiger partial charge in [0.2, 0.25) is 0 Å². The van der Waals surface area contributed by atoms with Gasteiger partial charge in [-0.25, -0.2) is 9.59 Å². The van der Waals surface area contributed by atoms with Crippen LogP contribution >= 0.6 is 0 Å². The van der Waals surface area contributed by atoms with E-state index in [0.717, 1.165) is 28.7 Å². The van der Waals surface area contributed by atoms with Crippen molar-refractivity contribution < 1.29 is 19.1 Å². The monoisotopic (exact) mass is 472 g/mol. The van der Waals surface area contributed by atoms with Gasteiger partial charge >= 0.3 is 11.9 Å². The van der Waals surface area contributed by atoms with Gasteiger partial charge in [0, 0.05) is 36.2 Å². The minimum Gasteiger partial charge on any atom is -0.462 e. The molecule has 0 aromatic heterocycles. The molecule has 0 aliphatic heterocycles. The molecule has 0 bridgehead atoms.